The fraction of sp³-hybridized carbons (Fsp3) is 0.296. The van der Waals surface area contributed by atoms with Crippen molar-refractivity contribution < 1.29 is 23.4 Å². The number of benzene rings is 2. The zero-order valence-corrected chi connectivity index (χ0v) is 21.3. The first-order valence-corrected chi connectivity index (χ1v) is 12.6. The summed E-state index contributed by atoms with van der Waals surface area (Å²) in [6.45, 7) is 2.87. The summed E-state index contributed by atoms with van der Waals surface area (Å²) in [5.41, 5.74) is 6.12. The monoisotopic (exact) mass is 537 g/mol. The van der Waals surface area contributed by atoms with E-state index in [0.717, 1.165) is 17.9 Å². The maximum Gasteiger partial charge on any atom is 0.261 e. The number of nitrogens with two attached hydrogens (primary N) is 1. The zero-order valence-electron chi connectivity index (χ0n) is 21.3. The van der Waals surface area contributed by atoms with Crippen molar-refractivity contribution in [2.45, 2.75) is 18.9 Å². The average molecular weight is 538 g/mol. The van der Waals surface area contributed by atoms with Gasteiger partial charge in [0.1, 0.15) is 23.1 Å². The Morgan fingerprint density at radius 1 is 1.13 bits per heavy atom. The van der Waals surface area contributed by atoms with Crippen LogP contribution in [0, 0.1) is 17.0 Å². The number of hydrogen-bond donors (Lipinski definition) is 5. The van der Waals surface area contributed by atoms with Gasteiger partial charge in [-0.15, -0.1) is 0 Å². The summed E-state index contributed by atoms with van der Waals surface area (Å²) in [5.74, 6) is -2.98. The van der Waals surface area contributed by atoms with Crippen molar-refractivity contribution in [2.24, 2.45) is 10.7 Å². The number of piperidine rings is 1. The second-order valence-electron chi connectivity index (χ2n) is 9.35. The van der Waals surface area contributed by atoms with Gasteiger partial charge in [0.25, 0.3) is 11.8 Å². The van der Waals surface area contributed by atoms with Gasteiger partial charge in [0.15, 0.2) is 11.5 Å². The molecule has 0 spiro atoms. The molecular weight excluding hydrogens is 508 g/mol. The number of amidine groups is 2. The van der Waals surface area contributed by atoms with E-state index in [1.165, 1.54) is 18.2 Å². The lowest BCUT2D eigenvalue weighted by atomic mass is 10.1. The molecule has 39 heavy (non-hydrogen) atoms. The van der Waals surface area contributed by atoms with Crippen LogP contribution in [0.5, 0.6) is 29.0 Å². The van der Waals surface area contributed by atoms with Crippen molar-refractivity contribution in [3.05, 3.63) is 65.2 Å². The number of aromatic nitrogens is 1. The van der Waals surface area contributed by atoms with Gasteiger partial charge in [-0.25, -0.2) is 0 Å². The van der Waals surface area contributed by atoms with Crippen molar-refractivity contribution in [1.29, 1.82) is 5.41 Å². The first-order chi connectivity index (χ1) is 18.8. The summed E-state index contributed by atoms with van der Waals surface area (Å²) < 4.78 is 42.8. The van der Waals surface area contributed by atoms with Crippen molar-refractivity contribution >= 4 is 17.4 Å². The Morgan fingerprint density at radius 3 is 2.56 bits per heavy atom. The minimum Gasteiger partial charge on any atom is -0.504 e. The minimum absolute atomic E-state index is 0.188. The predicted octanol–water partition coefficient (Wildman–Crippen LogP) is 3.79. The molecular formula is C27H29F2N7O3. The Balaban J connectivity index is 1.53. The number of pyridine rings is 1. The van der Waals surface area contributed by atoms with Crippen molar-refractivity contribution in [2.75, 3.05) is 38.5 Å². The minimum atomic E-state index is -1.08. The Labute approximate surface area is 224 Å². The van der Waals surface area contributed by atoms with E-state index in [-0.39, 0.29) is 34.7 Å². The molecule has 1 saturated heterocycles. The Kier molecular flexibility index (Phi) is 7.46. The molecule has 12 heteroatoms. The van der Waals surface area contributed by atoms with Crippen LogP contribution in [0.15, 0.2) is 47.5 Å². The number of anilines is 1. The van der Waals surface area contributed by atoms with Crippen LogP contribution in [0.3, 0.4) is 0 Å². The molecule has 2 aliphatic rings. The number of ether oxygens (including phenoxy) is 2. The molecule has 204 valence electrons. The van der Waals surface area contributed by atoms with E-state index in [1.807, 2.05) is 18.0 Å². The van der Waals surface area contributed by atoms with Crippen LogP contribution in [0.4, 0.5) is 14.5 Å². The van der Waals surface area contributed by atoms with Gasteiger partial charge in [-0.3, -0.25) is 10.4 Å². The molecule has 0 amide bonds. The van der Waals surface area contributed by atoms with Crippen LogP contribution in [0.1, 0.15) is 24.0 Å². The van der Waals surface area contributed by atoms with E-state index < -0.39 is 29.1 Å². The van der Waals surface area contributed by atoms with Crippen LogP contribution in [0.2, 0.25) is 0 Å². The normalized spacial score (nSPS) is 15.7. The second kappa shape index (κ2) is 11.1. The second-order valence-corrected chi connectivity index (χ2v) is 9.35. The predicted molar refractivity (Wildman–Crippen MR) is 143 cm³/mol. The third-order valence-electron chi connectivity index (χ3n) is 6.55. The van der Waals surface area contributed by atoms with Gasteiger partial charge in [-0.1, -0.05) is 12.1 Å². The molecule has 2 aromatic carbocycles. The number of halogens is 2. The van der Waals surface area contributed by atoms with E-state index in [9.17, 15) is 5.11 Å². The van der Waals surface area contributed by atoms with Crippen LogP contribution in [-0.2, 0) is 0 Å². The Hall–Kier alpha value is -4.45. The van der Waals surface area contributed by atoms with Gasteiger partial charge in [-0.05, 0) is 56.3 Å². The number of hydrogen-bond acceptors (Lipinski definition) is 9. The standard InChI is InChI=1S/C27H29F2N7O3/c1-36-12-11-33-25(36)16-3-2-4-18(13-16)38-26-21(28)23(34-17-7-9-32-10-8-17)22(29)27(35-26)39-20-14-15(24(30)31)5-6-19(20)37/h2-6,13-14,17,32,37H,7-12H2,1H3,(H3,30,31)(H,34,35). The van der Waals surface area contributed by atoms with E-state index in [2.05, 4.69) is 20.6 Å². The number of nitrogens with zero attached hydrogens (tertiary/aromatic N) is 3. The first kappa shape index (κ1) is 26.2. The highest BCUT2D eigenvalue weighted by Crippen LogP contribution is 2.39. The Bertz CT molecular complexity index is 1430. The molecule has 0 unspecified atom stereocenters. The molecule has 0 radical (unpaired) electrons. The quantitative estimate of drug-likeness (QED) is 0.216. The van der Waals surface area contributed by atoms with Crippen molar-refractivity contribution in [3.8, 4) is 29.0 Å². The zero-order chi connectivity index (χ0) is 27.5. The highest BCUT2D eigenvalue weighted by atomic mass is 19.1. The number of nitrogen functional groups attached to an aromatic ring is 1. The molecule has 2 aliphatic heterocycles. The molecule has 1 fully saturated rings. The molecule has 0 atom stereocenters. The molecule has 0 bridgehead atoms. The summed E-state index contributed by atoms with van der Waals surface area (Å²) in [6, 6.07) is 10.7. The summed E-state index contributed by atoms with van der Waals surface area (Å²) in [7, 11) is 1.93. The maximum absolute atomic E-state index is 15.7. The topological polar surface area (TPSA) is 141 Å². The first-order valence-electron chi connectivity index (χ1n) is 12.6. The van der Waals surface area contributed by atoms with Crippen LogP contribution >= 0.6 is 0 Å². The van der Waals surface area contributed by atoms with Gasteiger partial charge in [-0.2, -0.15) is 13.8 Å². The molecule has 3 heterocycles. The van der Waals surface area contributed by atoms with E-state index in [0.29, 0.717) is 32.5 Å². The summed E-state index contributed by atoms with van der Waals surface area (Å²) in [6.07, 6.45) is 1.32. The smallest absolute Gasteiger partial charge is 0.261 e. The fourth-order valence-electron chi connectivity index (χ4n) is 4.46. The van der Waals surface area contributed by atoms with Gasteiger partial charge >= 0.3 is 0 Å². The van der Waals surface area contributed by atoms with Gasteiger partial charge in [0, 0.05) is 30.8 Å². The highest BCUT2D eigenvalue weighted by Gasteiger charge is 2.27. The number of phenolic OH excluding ortho intramolecular Hbond substituents is 1. The molecule has 3 aromatic rings. The number of nitrogens with one attached hydrogen (secondary N) is 3. The fourth-order valence-corrected chi connectivity index (χ4v) is 4.46. The molecule has 0 saturated carbocycles. The van der Waals surface area contributed by atoms with Crippen molar-refractivity contribution in [3.63, 3.8) is 0 Å². The van der Waals surface area contributed by atoms with Crippen LogP contribution in [-0.4, -0.2) is 65.9 Å². The van der Waals surface area contributed by atoms with Crippen LogP contribution in [0.25, 0.3) is 0 Å². The summed E-state index contributed by atoms with van der Waals surface area (Å²) >= 11 is 0. The molecule has 1 aromatic heterocycles. The SMILES string of the molecule is CN1CCN=C1c1cccc(Oc2nc(Oc3cc(C(=N)N)ccc3O)c(F)c(NC3CCNCC3)c2F)c1. The van der Waals surface area contributed by atoms with Crippen molar-refractivity contribution in [1.82, 2.24) is 15.2 Å². The van der Waals surface area contributed by atoms with E-state index in [4.69, 9.17) is 20.6 Å². The number of phenols is 1. The number of likely N-dealkylation sites (N-methyl/N-ethyl adjacent to an activating group) is 1. The lowest BCUT2D eigenvalue weighted by Crippen LogP contribution is -2.35. The van der Waals surface area contributed by atoms with E-state index >= 15 is 8.78 Å². The van der Waals surface area contributed by atoms with Gasteiger partial charge in [0.05, 0.1) is 6.54 Å². The highest BCUT2D eigenvalue weighted by molar-refractivity contribution is 6.00. The molecule has 10 nitrogen and oxygen atoms in total. The lowest BCUT2D eigenvalue weighted by molar-refractivity contribution is 0.361. The van der Waals surface area contributed by atoms with Crippen LogP contribution < -0.4 is 25.8 Å². The number of aliphatic imine (C=N–C) groups is 1. The maximum atomic E-state index is 15.7. The molecule has 6 N–H and O–H groups in total. The largest absolute Gasteiger partial charge is 0.504 e. The summed E-state index contributed by atoms with van der Waals surface area (Å²) in [4.78, 5) is 10.5. The third kappa shape index (κ3) is 5.70. The van der Waals surface area contributed by atoms with Gasteiger partial charge in [0.2, 0.25) is 11.6 Å². The third-order valence-corrected chi connectivity index (χ3v) is 6.55. The molecule has 0 aliphatic carbocycles. The number of rotatable bonds is 8. The molecule has 5 rings (SSSR count). The van der Waals surface area contributed by atoms with E-state index in [1.54, 1.807) is 18.2 Å². The Morgan fingerprint density at radius 2 is 1.87 bits per heavy atom. The number of aromatic hydroxyl groups is 1. The van der Waals surface area contributed by atoms with Gasteiger partial charge < -0.3 is 35.8 Å². The summed E-state index contributed by atoms with van der Waals surface area (Å²) in [5, 5.41) is 24.1. The lowest BCUT2D eigenvalue weighted by Gasteiger charge is -2.25. The average Bonchev–Trinajstić information content (AvgIpc) is 3.37.